The lowest BCUT2D eigenvalue weighted by atomic mass is 9.86. The molecule has 20 heavy (non-hydrogen) atoms. The Morgan fingerprint density at radius 2 is 1.85 bits per heavy atom. The Bertz CT molecular complexity index is 593. The van der Waals surface area contributed by atoms with Crippen LogP contribution in [0.5, 0.6) is 0 Å². The molecule has 1 fully saturated rings. The quantitative estimate of drug-likeness (QED) is 0.705. The molecule has 0 aromatic heterocycles. The lowest BCUT2D eigenvalue weighted by Crippen LogP contribution is -2.39. The van der Waals surface area contributed by atoms with Gasteiger partial charge < -0.3 is 11.5 Å². The first-order valence-electron chi connectivity index (χ1n) is 6.55. The monoisotopic (exact) mass is 297 g/mol. The molecule has 1 aliphatic rings. The predicted molar refractivity (Wildman–Crippen MR) is 76.1 cm³/mol. The fraction of sp³-hybridized carbons (Fsp3) is 0.462. The minimum absolute atomic E-state index is 0.136. The number of anilines is 1. The van der Waals surface area contributed by atoms with Crippen molar-refractivity contribution < 1.29 is 13.2 Å². The molecule has 5 N–H and O–H groups in total. The van der Waals surface area contributed by atoms with E-state index < -0.39 is 10.0 Å². The van der Waals surface area contributed by atoms with Gasteiger partial charge in [0.15, 0.2) is 0 Å². The van der Waals surface area contributed by atoms with Gasteiger partial charge >= 0.3 is 0 Å². The number of carbonyl (C=O) groups excluding carboxylic acids is 1. The van der Waals surface area contributed by atoms with E-state index >= 15 is 0 Å². The maximum atomic E-state index is 12.2. The molecule has 7 heteroatoms. The number of rotatable bonds is 4. The summed E-state index contributed by atoms with van der Waals surface area (Å²) in [6.45, 7) is 0. The summed E-state index contributed by atoms with van der Waals surface area (Å²) < 4.78 is 27.1. The van der Waals surface area contributed by atoms with Gasteiger partial charge in [-0.3, -0.25) is 4.79 Å². The van der Waals surface area contributed by atoms with Crippen LogP contribution < -0.4 is 16.2 Å². The number of sulfonamides is 1. The van der Waals surface area contributed by atoms with Crippen molar-refractivity contribution in [2.45, 2.75) is 36.6 Å². The van der Waals surface area contributed by atoms with Crippen LogP contribution in [0.25, 0.3) is 0 Å². The van der Waals surface area contributed by atoms with E-state index in [-0.39, 0.29) is 22.8 Å². The summed E-state index contributed by atoms with van der Waals surface area (Å²) in [7, 11) is -3.57. The standard InChI is InChI=1S/C13H19N3O3S/c14-10-2-1-3-12(8-10)20(18,19)16-11-6-4-9(5-7-11)13(15)17/h1-3,8-9,11,16H,4-7,14H2,(H2,15,17). The summed E-state index contributed by atoms with van der Waals surface area (Å²) in [6, 6.07) is 6.02. The molecule has 0 aliphatic heterocycles. The number of primary amides is 1. The van der Waals surface area contributed by atoms with E-state index in [1.807, 2.05) is 0 Å². The Kier molecular flexibility index (Phi) is 4.29. The highest BCUT2D eigenvalue weighted by atomic mass is 32.2. The van der Waals surface area contributed by atoms with Crippen LogP contribution in [0.2, 0.25) is 0 Å². The average molecular weight is 297 g/mol. The molecule has 0 atom stereocenters. The van der Waals surface area contributed by atoms with Crippen LogP contribution in [-0.2, 0) is 14.8 Å². The molecule has 0 saturated heterocycles. The van der Waals surface area contributed by atoms with Gasteiger partial charge in [0.1, 0.15) is 0 Å². The molecule has 0 heterocycles. The van der Waals surface area contributed by atoms with Crippen LogP contribution in [0, 0.1) is 5.92 Å². The van der Waals surface area contributed by atoms with Crippen molar-refractivity contribution in [1.29, 1.82) is 0 Å². The van der Waals surface area contributed by atoms with E-state index in [0.29, 0.717) is 31.4 Å². The Morgan fingerprint density at radius 3 is 2.40 bits per heavy atom. The van der Waals surface area contributed by atoms with Crippen molar-refractivity contribution in [2.75, 3.05) is 5.73 Å². The third-order valence-electron chi connectivity index (χ3n) is 3.62. The van der Waals surface area contributed by atoms with Crippen LogP contribution in [-0.4, -0.2) is 20.4 Å². The largest absolute Gasteiger partial charge is 0.399 e. The van der Waals surface area contributed by atoms with E-state index in [1.165, 1.54) is 12.1 Å². The average Bonchev–Trinajstić information content (AvgIpc) is 2.39. The molecule has 0 bridgehead atoms. The normalized spacial score (nSPS) is 23.4. The van der Waals surface area contributed by atoms with Crippen LogP contribution >= 0.6 is 0 Å². The molecular formula is C13H19N3O3S. The first-order chi connectivity index (χ1) is 9.38. The molecule has 6 nitrogen and oxygen atoms in total. The predicted octanol–water partition coefficient (Wildman–Crippen LogP) is 0.591. The lowest BCUT2D eigenvalue weighted by Gasteiger charge is -2.27. The molecule has 0 unspecified atom stereocenters. The molecule has 1 aromatic carbocycles. The van der Waals surface area contributed by atoms with Gasteiger partial charge in [0.05, 0.1) is 4.90 Å². The van der Waals surface area contributed by atoms with Crippen LogP contribution in [0.4, 0.5) is 5.69 Å². The summed E-state index contributed by atoms with van der Waals surface area (Å²) >= 11 is 0. The number of nitrogen functional groups attached to an aromatic ring is 1. The molecule has 0 radical (unpaired) electrons. The molecule has 1 saturated carbocycles. The summed E-state index contributed by atoms with van der Waals surface area (Å²) in [4.78, 5) is 11.2. The van der Waals surface area contributed by atoms with E-state index in [2.05, 4.69) is 4.72 Å². The van der Waals surface area contributed by atoms with Crippen LogP contribution in [0.1, 0.15) is 25.7 Å². The van der Waals surface area contributed by atoms with Gasteiger partial charge in [-0.1, -0.05) is 6.07 Å². The van der Waals surface area contributed by atoms with E-state index in [0.717, 1.165) is 0 Å². The molecule has 2 rings (SSSR count). The Hall–Kier alpha value is -1.60. The minimum atomic E-state index is -3.57. The summed E-state index contributed by atoms with van der Waals surface area (Å²) in [6.07, 6.45) is 2.49. The van der Waals surface area contributed by atoms with Crippen molar-refractivity contribution >= 4 is 21.6 Å². The number of nitrogens with two attached hydrogens (primary N) is 2. The fourth-order valence-corrected chi connectivity index (χ4v) is 3.82. The number of benzene rings is 1. The molecule has 1 amide bonds. The lowest BCUT2D eigenvalue weighted by molar-refractivity contribution is -0.122. The summed E-state index contributed by atoms with van der Waals surface area (Å²) in [5, 5.41) is 0. The minimum Gasteiger partial charge on any atom is -0.399 e. The Morgan fingerprint density at radius 1 is 1.20 bits per heavy atom. The zero-order chi connectivity index (χ0) is 14.8. The van der Waals surface area contributed by atoms with E-state index in [1.54, 1.807) is 12.1 Å². The number of carbonyl (C=O) groups is 1. The van der Waals surface area contributed by atoms with Gasteiger partial charge in [-0.2, -0.15) is 0 Å². The van der Waals surface area contributed by atoms with Gasteiger partial charge in [-0.25, -0.2) is 13.1 Å². The van der Waals surface area contributed by atoms with E-state index in [4.69, 9.17) is 11.5 Å². The maximum Gasteiger partial charge on any atom is 0.240 e. The topological polar surface area (TPSA) is 115 Å². The highest BCUT2D eigenvalue weighted by Gasteiger charge is 2.27. The van der Waals surface area contributed by atoms with E-state index in [9.17, 15) is 13.2 Å². The first-order valence-corrected chi connectivity index (χ1v) is 8.04. The number of hydrogen-bond acceptors (Lipinski definition) is 4. The van der Waals surface area contributed by atoms with Crippen LogP contribution in [0.15, 0.2) is 29.2 Å². The highest BCUT2D eigenvalue weighted by Crippen LogP contribution is 2.25. The SMILES string of the molecule is NC(=O)C1CCC(NS(=O)(=O)c2cccc(N)c2)CC1. The number of amides is 1. The third kappa shape index (κ3) is 3.49. The number of nitrogens with one attached hydrogen (secondary N) is 1. The molecular weight excluding hydrogens is 278 g/mol. The van der Waals surface area contributed by atoms with Crippen LogP contribution in [0.3, 0.4) is 0 Å². The summed E-state index contributed by atoms with van der Waals surface area (Å²) in [5.41, 5.74) is 11.3. The third-order valence-corrected chi connectivity index (χ3v) is 5.14. The summed E-state index contributed by atoms with van der Waals surface area (Å²) in [5.74, 6) is -0.440. The fourth-order valence-electron chi connectivity index (χ4n) is 2.46. The second kappa shape index (κ2) is 5.80. The van der Waals surface area contributed by atoms with Crippen molar-refractivity contribution in [3.8, 4) is 0 Å². The second-order valence-corrected chi connectivity index (χ2v) is 6.86. The van der Waals surface area contributed by atoms with Crippen molar-refractivity contribution in [3.63, 3.8) is 0 Å². The van der Waals surface area contributed by atoms with Gasteiger partial charge in [-0.05, 0) is 43.9 Å². The molecule has 1 aliphatic carbocycles. The van der Waals surface area contributed by atoms with Crippen molar-refractivity contribution in [2.24, 2.45) is 11.7 Å². The molecule has 110 valence electrons. The Labute approximate surface area is 118 Å². The first kappa shape index (κ1) is 14.8. The number of hydrogen-bond donors (Lipinski definition) is 3. The van der Waals surface area contributed by atoms with Gasteiger partial charge in [0.25, 0.3) is 0 Å². The van der Waals surface area contributed by atoms with Gasteiger partial charge in [-0.15, -0.1) is 0 Å². The second-order valence-electron chi connectivity index (χ2n) is 5.14. The van der Waals surface area contributed by atoms with Gasteiger partial charge in [0.2, 0.25) is 15.9 Å². The Balaban J connectivity index is 2.02. The smallest absolute Gasteiger partial charge is 0.240 e. The molecule has 0 spiro atoms. The van der Waals surface area contributed by atoms with Gasteiger partial charge in [0, 0.05) is 17.6 Å². The molecule has 1 aromatic rings. The zero-order valence-corrected chi connectivity index (χ0v) is 11.9. The van der Waals surface area contributed by atoms with Crippen molar-refractivity contribution in [1.82, 2.24) is 4.72 Å². The highest BCUT2D eigenvalue weighted by molar-refractivity contribution is 7.89. The maximum absolute atomic E-state index is 12.2. The van der Waals surface area contributed by atoms with Crippen molar-refractivity contribution in [3.05, 3.63) is 24.3 Å². The zero-order valence-electron chi connectivity index (χ0n) is 11.1.